The van der Waals surface area contributed by atoms with Crippen molar-refractivity contribution in [2.75, 3.05) is 13.2 Å². The summed E-state index contributed by atoms with van der Waals surface area (Å²) in [5.74, 6) is -1.05. The Labute approximate surface area is 436 Å². The van der Waals surface area contributed by atoms with Crippen LogP contribution in [0, 0.1) is 0 Å². The Balaban J connectivity index is 4.56. The quantitative estimate of drug-likeness (QED) is 0.0262. The summed E-state index contributed by atoms with van der Waals surface area (Å²) >= 11 is 0. The number of unbranched alkanes of at least 4 members (excludes halogenated alkanes) is 17. The molecule has 0 amide bonds. The molecule has 1 atom stereocenters. The summed E-state index contributed by atoms with van der Waals surface area (Å²) in [5, 5.41) is 0. The third kappa shape index (κ3) is 56.3. The van der Waals surface area contributed by atoms with Gasteiger partial charge in [-0.15, -0.1) is 0 Å². The van der Waals surface area contributed by atoms with Gasteiger partial charge in [0.05, 0.1) is 0 Å². The van der Waals surface area contributed by atoms with E-state index in [1.54, 1.807) is 0 Å². The zero-order valence-electron chi connectivity index (χ0n) is 45.7. The highest BCUT2D eigenvalue weighted by Crippen LogP contribution is 2.14. The van der Waals surface area contributed by atoms with Crippen molar-refractivity contribution in [3.05, 3.63) is 134 Å². The maximum absolute atomic E-state index is 12.8. The largest absolute Gasteiger partial charge is 0.462 e. The van der Waals surface area contributed by atoms with Gasteiger partial charge < -0.3 is 14.2 Å². The molecule has 71 heavy (non-hydrogen) atoms. The Morgan fingerprint density at radius 2 is 0.563 bits per heavy atom. The molecule has 0 saturated heterocycles. The second-order valence-electron chi connectivity index (χ2n) is 18.4. The van der Waals surface area contributed by atoms with E-state index in [1.165, 1.54) is 89.9 Å². The smallest absolute Gasteiger partial charge is 0.306 e. The van der Waals surface area contributed by atoms with Crippen LogP contribution in [0.15, 0.2) is 134 Å². The van der Waals surface area contributed by atoms with Crippen LogP contribution in [0.4, 0.5) is 0 Å². The van der Waals surface area contributed by atoms with Crippen LogP contribution in [0.2, 0.25) is 0 Å². The van der Waals surface area contributed by atoms with Crippen LogP contribution in [0.5, 0.6) is 0 Å². The van der Waals surface area contributed by atoms with Crippen LogP contribution in [0.1, 0.15) is 239 Å². The van der Waals surface area contributed by atoms with Gasteiger partial charge in [0.25, 0.3) is 0 Å². The molecule has 0 N–H and O–H groups in total. The number of rotatable bonds is 50. The van der Waals surface area contributed by atoms with Crippen molar-refractivity contribution in [2.45, 2.75) is 245 Å². The molecule has 0 heterocycles. The molecule has 0 aliphatic rings. The standard InChI is InChI=1S/C65H104O6/c1-4-7-10-13-16-19-22-25-28-31-32-35-37-40-43-46-49-52-55-58-64(67)70-61-62(71-65(68)59-56-53-50-47-44-41-38-34-30-27-24-21-18-15-12-9-6-3)60-69-63(66)57-54-51-48-45-42-39-36-33-29-26-23-20-17-14-11-8-5-2/h8-9,11-12,17-18,20-21,25-30,36,38-39,41,45,47-48,50,62H,4-7,10,13-16,19,22-24,31-35,37,40,42-44,46,49,51-61H2,1-3H3/b11-8+,12-9+,20-17+,21-18+,28-25+,29-26+,30-27+,39-36+,41-38+,48-45+,50-47+/t62-/m1/s1. The minimum Gasteiger partial charge on any atom is -0.462 e. The minimum absolute atomic E-state index is 0.123. The van der Waals surface area contributed by atoms with Gasteiger partial charge in [-0.05, 0) is 122 Å². The monoisotopic (exact) mass is 981 g/mol. The third-order valence-electron chi connectivity index (χ3n) is 11.6. The van der Waals surface area contributed by atoms with Gasteiger partial charge in [-0.1, -0.05) is 231 Å². The first-order chi connectivity index (χ1) is 35.0. The Bertz CT molecular complexity index is 1550. The lowest BCUT2D eigenvalue weighted by molar-refractivity contribution is -0.167. The lowest BCUT2D eigenvalue weighted by Gasteiger charge is -2.18. The SMILES string of the molecule is CC/C=C/C/C=C/C/C=C/C/C=C/C/C=C/CCCC(=O)OC[C@H](COC(=O)CCCCCCCCCCC/C=C/CCCCCCCC)OC(=O)CCC/C=C/C/C=C/C/C=C/C/C=C/C/C=C/CC. The molecule has 400 valence electrons. The first kappa shape index (κ1) is 66.6. The fraction of sp³-hybridized carbons (Fsp3) is 0.615. The predicted octanol–water partition coefficient (Wildman–Crippen LogP) is 19.4. The third-order valence-corrected chi connectivity index (χ3v) is 11.6. The van der Waals surface area contributed by atoms with Crippen LogP contribution >= 0.6 is 0 Å². The lowest BCUT2D eigenvalue weighted by atomic mass is 10.1. The van der Waals surface area contributed by atoms with E-state index in [-0.39, 0.29) is 44.0 Å². The molecule has 6 nitrogen and oxygen atoms in total. The number of hydrogen-bond donors (Lipinski definition) is 0. The van der Waals surface area contributed by atoms with E-state index < -0.39 is 6.10 Å². The van der Waals surface area contributed by atoms with Crippen molar-refractivity contribution in [1.29, 1.82) is 0 Å². The number of esters is 3. The Hall–Kier alpha value is -4.45. The number of carbonyl (C=O) groups is 3. The molecular weight excluding hydrogens is 877 g/mol. The zero-order chi connectivity index (χ0) is 51.4. The van der Waals surface area contributed by atoms with Crippen molar-refractivity contribution in [3.8, 4) is 0 Å². The summed E-state index contributed by atoms with van der Waals surface area (Å²) in [6.07, 6.45) is 81.7. The molecule has 0 saturated carbocycles. The van der Waals surface area contributed by atoms with Crippen LogP contribution < -0.4 is 0 Å². The highest BCUT2D eigenvalue weighted by molar-refractivity contribution is 5.71. The molecule has 0 aromatic carbocycles. The van der Waals surface area contributed by atoms with Gasteiger partial charge in [0.15, 0.2) is 6.10 Å². The molecular formula is C65H104O6. The summed E-state index contributed by atoms with van der Waals surface area (Å²) < 4.78 is 16.8. The highest BCUT2D eigenvalue weighted by Gasteiger charge is 2.19. The zero-order valence-corrected chi connectivity index (χ0v) is 45.7. The second kappa shape index (κ2) is 58.1. The molecule has 0 aliphatic heterocycles. The fourth-order valence-electron chi connectivity index (χ4n) is 7.39. The fourth-order valence-corrected chi connectivity index (χ4v) is 7.39. The Morgan fingerprint density at radius 1 is 0.296 bits per heavy atom. The van der Waals surface area contributed by atoms with Crippen LogP contribution in [0.25, 0.3) is 0 Å². The van der Waals surface area contributed by atoms with Gasteiger partial charge >= 0.3 is 17.9 Å². The van der Waals surface area contributed by atoms with E-state index >= 15 is 0 Å². The maximum atomic E-state index is 12.8. The van der Waals surface area contributed by atoms with Gasteiger partial charge in [0.2, 0.25) is 0 Å². The summed E-state index contributed by atoms with van der Waals surface area (Å²) in [7, 11) is 0. The first-order valence-corrected chi connectivity index (χ1v) is 28.7. The van der Waals surface area contributed by atoms with Gasteiger partial charge in [-0.3, -0.25) is 14.4 Å². The Kier molecular flexibility index (Phi) is 54.5. The number of carbonyl (C=O) groups excluding carboxylic acids is 3. The van der Waals surface area contributed by atoms with E-state index in [2.05, 4.69) is 154 Å². The van der Waals surface area contributed by atoms with E-state index in [9.17, 15) is 14.4 Å². The average molecular weight is 982 g/mol. The van der Waals surface area contributed by atoms with Gasteiger partial charge in [-0.2, -0.15) is 0 Å². The molecule has 0 bridgehead atoms. The second-order valence-corrected chi connectivity index (χ2v) is 18.4. The van der Waals surface area contributed by atoms with Gasteiger partial charge in [0, 0.05) is 19.3 Å². The summed E-state index contributed by atoms with van der Waals surface area (Å²) in [5.41, 5.74) is 0. The molecule has 6 heteroatoms. The maximum Gasteiger partial charge on any atom is 0.306 e. The summed E-state index contributed by atoms with van der Waals surface area (Å²) in [6.45, 7) is 6.31. The van der Waals surface area contributed by atoms with Crippen LogP contribution in [0.3, 0.4) is 0 Å². The minimum atomic E-state index is -0.837. The van der Waals surface area contributed by atoms with Gasteiger partial charge in [-0.25, -0.2) is 0 Å². The molecule has 0 aromatic rings. The molecule has 0 fully saturated rings. The molecule has 0 radical (unpaired) electrons. The van der Waals surface area contributed by atoms with E-state index in [1.807, 2.05) is 0 Å². The van der Waals surface area contributed by atoms with E-state index in [0.717, 1.165) is 96.3 Å². The van der Waals surface area contributed by atoms with Crippen molar-refractivity contribution in [3.63, 3.8) is 0 Å². The van der Waals surface area contributed by atoms with Crippen molar-refractivity contribution >= 4 is 17.9 Å². The van der Waals surface area contributed by atoms with Gasteiger partial charge in [0.1, 0.15) is 13.2 Å². The van der Waals surface area contributed by atoms with Crippen LogP contribution in [-0.2, 0) is 28.6 Å². The molecule has 0 aromatic heterocycles. The van der Waals surface area contributed by atoms with Crippen LogP contribution in [-0.4, -0.2) is 37.2 Å². The van der Waals surface area contributed by atoms with Crippen molar-refractivity contribution in [2.24, 2.45) is 0 Å². The normalized spacial score (nSPS) is 13.1. The van der Waals surface area contributed by atoms with Crippen molar-refractivity contribution in [1.82, 2.24) is 0 Å². The molecule has 0 aliphatic carbocycles. The predicted molar refractivity (Wildman–Crippen MR) is 306 cm³/mol. The van der Waals surface area contributed by atoms with E-state index in [4.69, 9.17) is 14.2 Å². The first-order valence-electron chi connectivity index (χ1n) is 28.7. The lowest BCUT2D eigenvalue weighted by Crippen LogP contribution is -2.30. The summed E-state index contributed by atoms with van der Waals surface area (Å²) in [6, 6.07) is 0. The van der Waals surface area contributed by atoms with Crippen molar-refractivity contribution < 1.29 is 28.6 Å². The number of hydrogen-bond acceptors (Lipinski definition) is 6. The Morgan fingerprint density at radius 3 is 0.930 bits per heavy atom. The number of allylic oxidation sites excluding steroid dienone is 22. The molecule has 0 unspecified atom stereocenters. The molecule has 0 spiro atoms. The highest BCUT2D eigenvalue weighted by atomic mass is 16.6. The molecule has 0 rings (SSSR count). The average Bonchev–Trinajstić information content (AvgIpc) is 3.37. The topological polar surface area (TPSA) is 78.9 Å². The number of ether oxygens (including phenoxy) is 3. The van der Waals surface area contributed by atoms with E-state index in [0.29, 0.717) is 19.3 Å². The summed E-state index contributed by atoms with van der Waals surface area (Å²) in [4.78, 5) is 38.1.